The van der Waals surface area contributed by atoms with E-state index in [-0.39, 0.29) is 11.2 Å². The molecular formula is C9H9Cl2N5S. The van der Waals surface area contributed by atoms with E-state index in [1.807, 2.05) is 12.1 Å². The smallest absolute Gasteiger partial charge is 0.228 e. The van der Waals surface area contributed by atoms with Gasteiger partial charge in [0.25, 0.3) is 0 Å². The number of anilines is 2. The normalized spacial score (nSPS) is 10.5. The molecule has 0 fully saturated rings. The lowest BCUT2D eigenvalue weighted by Gasteiger charge is -2.03. The maximum Gasteiger partial charge on any atom is 0.228 e. The molecule has 0 aliphatic rings. The van der Waals surface area contributed by atoms with E-state index in [1.54, 1.807) is 11.3 Å². The summed E-state index contributed by atoms with van der Waals surface area (Å²) < 4.78 is 0.785. The molecule has 8 heteroatoms. The second-order valence-electron chi connectivity index (χ2n) is 3.17. The summed E-state index contributed by atoms with van der Waals surface area (Å²) in [5, 5.41) is 3.10. The molecule has 17 heavy (non-hydrogen) atoms. The van der Waals surface area contributed by atoms with E-state index in [2.05, 4.69) is 20.3 Å². The van der Waals surface area contributed by atoms with Crippen molar-refractivity contribution in [1.29, 1.82) is 0 Å². The van der Waals surface area contributed by atoms with Gasteiger partial charge in [0.05, 0.1) is 4.34 Å². The lowest BCUT2D eigenvalue weighted by Crippen LogP contribution is -2.09. The van der Waals surface area contributed by atoms with Crippen molar-refractivity contribution in [2.24, 2.45) is 0 Å². The van der Waals surface area contributed by atoms with Gasteiger partial charge in [-0.15, -0.1) is 11.3 Å². The number of aromatic nitrogens is 3. The molecule has 5 nitrogen and oxygen atoms in total. The van der Waals surface area contributed by atoms with Crippen LogP contribution in [0.4, 0.5) is 11.9 Å². The zero-order chi connectivity index (χ0) is 12.3. The number of halogens is 2. The number of nitrogens with zero attached hydrogens (tertiary/aromatic N) is 3. The van der Waals surface area contributed by atoms with Crippen LogP contribution < -0.4 is 11.1 Å². The Bertz CT molecular complexity index is 496. The van der Waals surface area contributed by atoms with Gasteiger partial charge in [0.2, 0.25) is 17.2 Å². The van der Waals surface area contributed by atoms with Crippen LogP contribution in [0.1, 0.15) is 4.88 Å². The minimum atomic E-state index is 0.0826. The van der Waals surface area contributed by atoms with Crippen molar-refractivity contribution in [3.05, 3.63) is 26.6 Å². The van der Waals surface area contributed by atoms with Gasteiger partial charge in [-0.05, 0) is 30.2 Å². The maximum absolute atomic E-state index is 5.83. The van der Waals surface area contributed by atoms with E-state index in [4.69, 9.17) is 28.9 Å². The molecule has 0 saturated carbocycles. The second-order valence-corrected chi connectivity index (χ2v) is 5.31. The van der Waals surface area contributed by atoms with E-state index in [0.29, 0.717) is 12.5 Å². The van der Waals surface area contributed by atoms with Crippen LogP contribution >= 0.6 is 34.5 Å². The molecule has 3 N–H and O–H groups in total. The van der Waals surface area contributed by atoms with Crippen LogP contribution in [0.15, 0.2) is 12.1 Å². The molecule has 0 aliphatic carbocycles. The van der Waals surface area contributed by atoms with Gasteiger partial charge >= 0.3 is 0 Å². The fourth-order valence-electron chi connectivity index (χ4n) is 1.23. The maximum atomic E-state index is 5.83. The van der Waals surface area contributed by atoms with Gasteiger partial charge in [0.1, 0.15) is 0 Å². The molecule has 0 bridgehead atoms. The van der Waals surface area contributed by atoms with E-state index >= 15 is 0 Å². The number of thiophene rings is 1. The van der Waals surface area contributed by atoms with Crippen molar-refractivity contribution in [2.75, 3.05) is 17.6 Å². The van der Waals surface area contributed by atoms with Crippen LogP contribution in [0.5, 0.6) is 0 Å². The molecule has 2 aromatic heterocycles. The predicted octanol–water partition coefficient (Wildman–Crippen LogP) is 2.48. The quantitative estimate of drug-likeness (QED) is 0.904. The van der Waals surface area contributed by atoms with Crippen molar-refractivity contribution in [3.8, 4) is 0 Å². The fourth-order valence-corrected chi connectivity index (χ4v) is 2.48. The highest BCUT2D eigenvalue weighted by atomic mass is 35.5. The van der Waals surface area contributed by atoms with Crippen molar-refractivity contribution < 1.29 is 0 Å². The Kier molecular flexibility index (Phi) is 3.98. The number of nitrogens with one attached hydrogen (secondary N) is 1. The fraction of sp³-hybridized carbons (Fsp3) is 0.222. The number of rotatable bonds is 4. The molecule has 0 amide bonds. The topological polar surface area (TPSA) is 76.7 Å². The molecule has 2 heterocycles. The molecule has 2 aromatic rings. The van der Waals surface area contributed by atoms with Crippen molar-refractivity contribution in [1.82, 2.24) is 15.0 Å². The summed E-state index contributed by atoms with van der Waals surface area (Å²) in [6, 6.07) is 3.86. The minimum absolute atomic E-state index is 0.0826. The first kappa shape index (κ1) is 12.3. The van der Waals surface area contributed by atoms with Gasteiger partial charge in [0.15, 0.2) is 0 Å². The summed E-state index contributed by atoms with van der Waals surface area (Å²) in [6.45, 7) is 0.677. The highest BCUT2D eigenvalue weighted by molar-refractivity contribution is 7.16. The third kappa shape index (κ3) is 3.69. The summed E-state index contributed by atoms with van der Waals surface area (Å²) in [5.74, 6) is 0.483. The predicted molar refractivity (Wildman–Crippen MR) is 70.8 cm³/mol. The van der Waals surface area contributed by atoms with E-state index in [9.17, 15) is 0 Å². The summed E-state index contributed by atoms with van der Waals surface area (Å²) >= 11 is 13.0. The Morgan fingerprint density at radius 2 is 2.06 bits per heavy atom. The molecule has 90 valence electrons. The number of hydrogen-bond acceptors (Lipinski definition) is 6. The van der Waals surface area contributed by atoms with Crippen LogP contribution in [0, 0.1) is 0 Å². The van der Waals surface area contributed by atoms with Gasteiger partial charge in [-0.25, -0.2) is 0 Å². The first-order valence-corrected chi connectivity index (χ1v) is 6.36. The van der Waals surface area contributed by atoms with Crippen LogP contribution in [-0.4, -0.2) is 21.5 Å². The average Bonchev–Trinajstić information content (AvgIpc) is 2.63. The largest absolute Gasteiger partial charge is 0.368 e. The molecular weight excluding hydrogens is 281 g/mol. The molecule has 0 spiro atoms. The third-order valence-electron chi connectivity index (χ3n) is 1.91. The minimum Gasteiger partial charge on any atom is -0.368 e. The monoisotopic (exact) mass is 289 g/mol. The average molecular weight is 290 g/mol. The van der Waals surface area contributed by atoms with Gasteiger partial charge in [0, 0.05) is 11.4 Å². The lowest BCUT2D eigenvalue weighted by atomic mass is 10.3. The lowest BCUT2D eigenvalue weighted by molar-refractivity contribution is 0.980. The van der Waals surface area contributed by atoms with E-state index in [1.165, 1.54) is 4.88 Å². The highest BCUT2D eigenvalue weighted by Gasteiger charge is 2.02. The van der Waals surface area contributed by atoms with E-state index < -0.39 is 0 Å². The highest BCUT2D eigenvalue weighted by Crippen LogP contribution is 2.21. The van der Waals surface area contributed by atoms with E-state index in [0.717, 1.165) is 10.8 Å². The van der Waals surface area contributed by atoms with Gasteiger partial charge in [-0.3, -0.25) is 0 Å². The first-order valence-electron chi connectivity index (χ1n) is 4.78. The number of nitrogen functional groups attached to an aromatic ring is 1. The summed E-state index contributed by atoms with van der Waals surface area (Å²) in [7, 11) is 0. The summed E-state index contributed by atoms with van der Waals surface area (Å²) in [5.41, 5.74) is 5.44. The molecule has 0 radical (unpaired) electrons. The summed E-state index contributed by atoms with van der Waals surface area (Å²) in [6.07, 6.45) is 0.834. The Balaban J connectivity index is 1.89. The SMILES string of the molecule is Nc1nc(Cl)nc(NCCc2ccc(Cl)s2)n1. The van der Waals surface area contributed by atoms with Gasteiger partial charge in [-0.1, -0.05) is 11.6 Å². The molecule has 0 unspecified atom stereocenters. The standard InChI is InChI=1S/C9H9Cl2N5S/c10-6-2-1-5(17-6)3-4-13-9-15-7(11)14-8(12)16-9/h1-2H,3-4H2,(H3,12,13,14,15,16). The van der Waals surface area contributed by atoms with Crippen molar-refractivity contribution in [2.45, 2.75) is 6.42 Å². The molecule has 2 rings (SSSR count). The zero-order valence-corrected chi connectivity index (χ0v) is 11.0. The molecule has 0 saturated heterocycles. The Morgan fingerprint density at radius 3 is 2.71 bits per heavy atom. The molecule has 0 aliphatic heterocycles. The van der Waals surface area contributed by atoms with Gasteiger partial charge < -0.3 is 11.1 Å². The van der Waals surface area contributed by atoms with Gasteiger partial charge in [-0.2, -0.15) is 15.0 Å². The second kappa shape index (κ2) is 5.48. The van der Waals surface area contributed by atoms with Crippen LogP contribution in [-0.2, 0) is 6.42 Å². The van der Waals surface area contributed by atoms with Crippen LogP contribution in [0.2, 0.25) is 9.62 Å². The Labute approximate surface area is 112 Å². The third-order valence-corrected chi connectivity index (χ3v) is 3.37. The Morgan fingerprint density at radius 1 is 1.24 bits per heavy atom. The van der Waals surface area contributed by atoms with Crippen molar-refractivity contribution >= 4 is 46.4 Å². The van der Waals surface area contributed by atoms with Crippen LogP contribution in [0.25, 0.3) is 0 Å². The first-order chi connectivity index (χ1) is 8.13. The number of nitrogens with two attached hydrogens (primary N) is 1. The summed E-state index contributed by atoms with van der Waals surface area (Å²) in [4.78, 5) is 12.7. The Hall–Kier alpha value is -1.11. The molecule has 0 atom stereocenters. The zero-order valence-electron chi connectivity index (χ0n) is 8.65. The van der Waals surface area contributed by atoms with Crippen molar-refractivity contribution in [3.63, 3.8) is 0 Å². The molecule has 0 aromatic carbocycles. The van der Waals surface area contributed by atoms with Crippen LogP contribution in [0.3, 0.4) is 0 Å². The number of hydrogen-bond donors (Lipinski definition) is 2.